The number of benzene rings is 4. The van der Waals surface area contributed by atoms with Crippen LogP contribution in [0.1, 0.15) is 65.1 Å². The quantitative estimate of drug-likeness (QED) is 0.212. The summed E-state index contributed by atoms with van der Waals surface area (Å²) >= 11 is 6.25. The van der Waals surface area contributed by atoms with Crippen molar-refractivity contribution in [1.29, 1.82) is 0 Å². The number of amides is 1. The normalized spacial score (nSPS) is 12.6. The van der Waals surface area contributed by atoms with Gasteiger partial charge in [-0.2, -0.15) is 0 Å². The number of carboxylic acid groups (broad SMARTS) is 1. The van der Waals surface area contributed by atoms with Crippen LogP contribution in [-0.4, -0.2) is 30.6 Å². The lowest BCUT2D eigenvalue weighted by Gasteiger charge is -2.29. The summed E-state index contributed by atoms with van der Waals surface area (Å²) in [7, 11) is 1.67. The summed E-state index contributed by atoms with van der Waals surface area (Å²) in [6, 6.07) is 28.4. The van der Waals surface area contributed by atoms with Gasteiger partial charge in [-0.1, -0.05) is 73.5 Å². The van der Waals surface area contributed by atoms with E-state index in [9.17, 15) is 9.59 Å². The van der Waals surface area contributed by atoms with Crippen LogP contribution in [0.25, 0.3) is 10.8 Å². The molecule has 6 heteroatoms. The van der Waals surface area contributed by atoms with Crippen molar-refractivity contribution in [1.82, 2.24) is 5.32 Å². The minimum Gasteiger partial charge on any atom is -0.497 e. The number of hydrogen-bond donors (Lipinski definition) is 2. The van der Waals surface area contributed by atoms with Crippen molar-refractivity contribution in [3.8, 4) is 5.75 Å². The maximum atomic E-state index is 12.5. The number of hydrogen-bond acceptors (Lipinski definition) is 3. The van der Waals surface area contributed by atoms with Crippen molar-refractivity contribution in [2.75, 3.05) is 13.7 Å². The van der Waals surface area contributed by atoms with Crippen molar-refractivity contribution in [3.05, 3.63) is 112 Å². The maximum Gasteiger partial charge on any atom is 0.305 e. The van der Waals surface area contributed by atoms with E-state index in [0.717, 1.165) is 34.9 Å². The van der Waals surface area contributed by atoms with Gasteiger partial charge < -0.3 is 15.2 Å². The van der Waals surface area contributed by atoms with Crippen LogP contribution in [0.15, 0.2) is 84.9 Å². The molecule has 0 radical (unpaired) electrons. The third kappa shape index (κ3) is 6.53. The monoisotopic (exact) mass is 529 g/mol. The summed E-state index contributed by atoms with van der Waals surface area (Å²) in [5, 5.41) is 14.4. The Morgan fingerprint density at radius 3 is 2.16 bits per heavy atom. The van der Waals surface area contributed by atoms with Crippen LogP contribution in [0.4, 0.5) is 0 Å². The average Bonchev–Trinajstić information content (AvgIpc) is 2.93. The third-order valence-corrected chi connectivity index (χ3v) is 7.14. The highest BCUT2D eigenvalue weighted by Crippen LogP contribution is 2.42. The second-order valence-corrected chi connectivity index (χ2v) is 9.85. The van der Waals surface area contributed by atoms with E-state index >= 15 is 0 Å². The molecule has 0 aliphatic rings. The maximum absolute atomic E-state index is 12.5. The van der Waals surface area contributed by atoms with Crippen LogP contribution in [0.2, 0.25) is 5.02 Å². The summed E-state index contributed by atoms with van der Waals surface area (Å²) in [6.45, 7) is 2.28. The SMILES string of the molecule is CCC[C@H](c1ccc(C(=O)NCCC(=O)O)cc1)C(c1ccc(Cl)cc1)c1ccc2cc(OC)ccc2c1. The van der Waals surface area contributed by atoms with Gasteiger partial charge in [0.25, 0.3) is 5.91 Å². The van der Waals surface area contributed by atoms with Crippen LogP contribution in [-0.2, 0) is 4.79 Å². The Morgan fingerprint density at radius 2 is 1.50 bits per heavy atom. The molecule has 0 aliphatic carbocycles. The predicted octanol–water partition coefficient (Wildman–Crippen LogP) is 7.42. The number of carboxylic acids is 1. The van der Waals surface area contributed by atoms with E-state index in [4.69, 9.17) is 21.4 Å². The molecular weight excluding hydrogens is 498 g/mol. The van der Waals surface area contributed by atoms with Gasteiger partial charge in [0.15, 0.2) is 0 Å². The van der Waals surface area contributed by atoms with E-state index in [-0.39, 0.29) is 30.7 Å². The Kier molecular flexibility index (Phi) is 9.03. The lowest BCUT2D eigenvalue weighted by molar-refractivity contribution is -0.136. The molecule has 5 nitrogen and oxygen atoms in total. The minimum atomic E-state index is -0.941. The van der Waals surface area contributed by atoms with Crippen molar-refractivity contribution in [3.63, 3.8) is 0 Å². The number of fused-ring (bicyclic) bond motifs is 1. The molecule has 0 heterocycles. The second kappa shape index (κ2) is 12.6. The van der Waals surface area contributed by atoms with Gasteiger partial charge in [-0.05, 0) is 76.2 Å². The molecule has 38 heavy (non-hydrogen) atoms. The van der Waals surface area contributed by atoms with Crippen molar-refractivity contribution in [2.45, 2.75) is 38.0 Å². The van der Waals surface area contributed by atoms with Gasteiger partial charge in [0, 0.05) is 23.0 Å². The average molecular weight is 530 g/mol. The van der Waals surface area contributed by atoms with E-state index in [1.165, 1.54) is 11.1 Å². The number of halogens is 1. The summed E-state index contributed by atoms with van der Waals surface area (Å²) < 4.78 is 5.40. The van der Waals surface area contributed by atoms with Crippen LogP contribution in [0.5, 0.6) is 5.75 Å². The van der Waals surface area contributed by atoms with Crippen molar-refractivity contribution in [2.24, 2.45) is 0 Å². The van der Waals surface area contributed by atoms with E-state index in [0.29, 0.717) is 10.6 Å². The fourth-order valence-corrected chi connectivity index (χ4v) is 5.12. The zero-order valence-corrected chi connectivity index (χ0v) is 22.4. The highest BCUT2D eigenvalue weighted by molar-refractivity contribution is 6.30. The molecular formula is C32H32ClNO4. The number of carbonyl (C=O) groups is 2. The molecule has 2 atom stereocenters. The Labute approximate surface area is 228 Å². The van der Waals surface area contributed by atoms with E-state index in [1.54, 1.807) is 7.11 Å². The number of carbonyl (C=O) groups excluding carboxylic acids is 1. The van der Waals surface area contributed by atoms with Crippen LogP contribution >= 0.6 is 11.6 Å². The fourth-order valence-electron chi connectivity index (χ4n) is 4.99. The molecule has 1 unspecified atom stereocenters. The Balaban J connectivity index is 1.71. The highest BCUT2D eigenvalue weighted by Gasteiger charge is 2.26. The van der Waals surface area contributed by atoms with Gasteiger partial charge in [0.05, 0.1) is 13.5 Å². The van der Waals surface area contributed by atoms with Gasteiger partial charge in [-0.25, -0.2) is 0 Å². The topological polar surface area (TPSA) is 75.6 Å². The van der Waals surface area contributed by atoms with E-state index in [2.05, 4.69) is 48.6 Å². The molecule has 0 aliphatic heterocycles. The van der Waals surface area contributed by atoms with E-state index in [1.807, 2.05) is 48.5 Å². The lowest BCUT2D eigenvalue weighted by atomic mass is 9.74. The molecule has 4 aromatic rings. The summed E-state index contributed by atoms with van der Waals surface area (Å²) in [4.78, 5) is 23.2. The van der Waals surface area contributed by atoms with Crippen molar-refractivity contribution >= 4 is 34.2 Å². The van der Waals surface area contributed by atoms with Gasteiger partial charge in [0.2, 0.25) is 0 Å². The second-order valence-electron chi connectivity index (χ2n) is 9.42. The van der Waals surface area contributed by atoms with Gasteiger partial charge in [0.1, 0.15) is 5.75 Å². The minimum absolute atomic E-state index is 0.0777. The lowest BCUT2D eigenvalue weighted by Crippen LogP contribution is -2.26. The Bertz CT molecular complexity index is 1400. The summed E-state index contributed by atoms with van der Waals surface area (Å²) in [5.41, 5.74) is 4.04. The largest absolute Gasteiger partial charge is 0.497 e. The van der Waals surface area contributed by atoms with Gasteiger partial charge in [-0.15, -0.1) is 0 Å². The highest BCUT2D eigenvalue weighted by atomic mass is 35.5. The fraction of sp³-hybridized carbons (Fsp3) is 0.250. The Morgan fingerprint density at radius 1 is 0.868 bits per heavy atom. The molecule has 0 saturated carbocycles. The van der Waals surface area contributed by atoms with E-state index < -0.39 is 5.97 Å². The van der Waals surface area contributed by atoms with Crippen LogP contribution in [0, 0.1) is 0 Å². The molecule has 4 rings (SSSR count). The molecule has 196 valence electrons. The molecule has 0 aromatic heterocycles. The molecule has 0 saturated heterocycles. The predicted molar refractivity (Wildman–Crippen MR) is 152 cm³/mol. The van der Waals surface area contributed by atoms with Gasteiger partial charge in [-0.3, -0.25) is 9.59 Å². The number of aliphatic carboxylic acids is 1. The summed E-state index contributed by atoms with van der Waals surface area (Å²) in [6.07, 6.45) is 1.85. The first-order chi connectivity index (χ1) is 18.4. The smallest absolute Gasteiger partial charge is 0.305 e. The molecule has 2 N–H and O–H groups in total. The molecule has 1 amide bonds. The molecule has 4 aromatic carbocycles. The first-order valence-electron chi connectivity index (χ1n) is 12.8. The number of rotatable bonds is 11. The molecule has 0 fully saturated rings. The zero-order valence-electron chi connectivity index (χ0n) is 21.6. The molecule has 0 bridgehead atoms. The number of nitrogens with one attached hydrogen (secondary N) is 1. The summed E-state index contributed by atoms with van der Waals surface area (Å²) in [5.74, 6) is -0.140. The van der Waals surface area contributed by atoms with Crippen LogP contribution in [0.3, 0.4) is 0 Å². The van der Waals surface area contributed by atoms with Gasteiger partial charge >= 0.3 is 5.97 Å². The third-order valence-electron chi connectivity index (χ3n) is 6.89. The zero-order chi connectivity index (χ0) is 27.1. The van der Waals surface area contributed by atoms with Crippen molar-refractivity contribution < 1.29 is 19.4 Å². The number of ether oxygens (including phenoxy) is 1. The first-order valence-corrected chi connectivity index (χ1v) is 13.2. The number of methoxy groups -OCH3 is 1. The van der Waals surface area contributed by atoms with Crippen LogP contribution < -0.4 is 10.1 Å². The first kappa shape index (κ1) is 27.2. The molecule has 0 spiro atoms. The standard InChI is InChI=1S/C32H32ClNO4/c1-3-4-29(21-5-7-23(8-6-21)32(37)34-18-17-30(35)36)31(22-11-14-27(33)15-12-22)26-10-9-25-20-28(38-2)16-13-24(25)19-26/h5-16,19-20,29,31H,3-4,17-18H2,1-2H3,(H,34,37)(H,35,36)/t29-,31?/m1/s1. The Hall–Kier alpha value is -3.83.